The minimum atomic E-state index is -0.515. The van der Waals surface area contributed by atoms with Crippen molar-refractivity contribution in [2.45, 2.75) is 73.3 Å². The van der Waals surface area contributed by atoms with E-state index in [9.17, 15) is 13.6 Å². The summed E-state index contributed by atoms with van der Waals surface area (Å²) in [5, 5.41) is 6.34. The first-order valence-corrected chi connectivity index (χ1v) is 14.5. The van der Waals surface area contributed by atoms with Gasteiger partial charge in [-0.3, -0.25) is 4.79 Å². The molecule has 8 heteroatoms. The minimum absolute atomic E-state index is 0.0723. The summed E-state index contributed by atoms with van der Waals surface area (Å²) >= 11 is 0. The molecule has 4 rings (SSSR count). The number of hydrogen-bond donors (Lipinski definition) is 2. The molecule has 0 radical (unpaired) electrons. The predicted octanol–water partition coefficient (Wildman–Crippen LogP) is 7.87. The van der Waals surface area contributed by atoms with Crippen LogP contribution in [0.2, 0.25) is 0 Å². The summed E-state index contributed by atoms with van der Waals surface area (Å²) in [4.78, 5) is 22.1. The second kappa shape index (κ2) is 17.1. The lowest BCUT2D eigenvalue weighted by Crippen LogP contribution is -2.44. The van der Waals surface area contributed by atoms with Crippen LogP contribution in [0.1, 0.15) is 64.2 Å². The lowest BCUT2D eigenvalue weighted by molar-refractivity contribution is -0.127. The van der Waals surface area contributed by atoms with Crippen LogP contribution in [-0.4, -0.2) is 39.9 Å². The van der Waals surface area contributed by atoms with E-state index in [1.807, 2.05) is 26.8 Å². The maximum absolute atomic E-state index is 14.4. The molecule has 1 unspecified atom stereocenters. The van der Waals surface area contributed by atoms with Crippen molar-refractivity contribution in [2.75, 3.05) is 23.7 Å². The van der Waals surface area contributed by atoms with E-state index in [0.29, 0.717) is 25.0 Å². The summed E-state index contributed by atoms with van der Waals surface area (Å²) in [6.07, 6.45) is 6.14. The molecule has 1 aromatic heterocycles. The number of aryl methyl sites for hydroxylation is 2. The van der Waals surface area contributed by atoms with Gasteiger partial charge >= 0.3 is 0 Å². The monoisotopic (exact) mass is 565 g/mol. The molecular formula is C33H45F2N5O. The standard InChI is InChI=1S/C24H32FN5O.C7H7F.C2H6/c1-5-17-13-19(10-9-18(17)12-16(3)4)28-24-26-14-21(25)23(29-24)27-20-8-7-11-30(15-20)22(31)6-2;1-6-2-4-7(8)5-3-6;1-2/h6,9-10,13-14,16,20H,2,5,7-8,11-12,15H2,1,3-4H3,(H2,26,27,28,29);2-5H,1H3;1-2H3. The molecule has 0 bridgehead atoms. The van der Waals surface area contributed by atoms with Crippen molar-refractivity contribution in [3.05, 3.63) is 89.6 Å². The third-order valence-corrected chi connectivity index (χ3v) is 6.47. The van der Waals surface area contributed by atoms with Crippen molar-refractivity contribution >= 4 is 23.4 Å². The van der Waals surface area contributed by atoms with Crippen molar-refractivity contribution in [3.8, 4) is 0 Å². The number of halogens is 2. The zero-order valence-corrected chi connectivity index (χ0v) is 25.3. The normalized spacial score (nSPS) is 14.3. The van der Waals surface area contributed by atoms with Crippen LogP contribution >= 0.6 is 0 Å². The number of benzene rings is 2. The highest BCUT2D eigenvalue weighted by Gasteiger charge is 2.23. The molecule has 222 valence electrons. The van der Waals surface area contributed by atoms with E-state index < -0.39 is 5.82 Å². The summed E-state index contributed by atoms with van der Waals surface area (Å²) in [6.45, 7) is 17.2. The Morgan fingerprint density at radius 2 is 1.85 bits per heavy atom. The van der Waals surface area contributed by atoms with Crippen molar-refractivity contribution in [3.63, 3.8) is 0 Å². The molecule has 1 fully saturated rings. The molecule has 1 atom stereocenters. The molecule has 2 heterocycles. The highest BCUT2D eigenvalue weighted by atomic mass is 19.1. The Morgan fingerprint density at radius 1 is 1.15 bits per heavy atom. The molecule has 0 spiro atoms. The first kappa shape index (κ1) is 33.4. The van der Waals surface area contributed by atoms with Crippen LogP contribution < -0.4 is 10.6 Å². The number of anilines is 3. The number of amides is 1. The Bertz CT molecular complexity index is 1230. The Hall–Kier alpha value is -3.81. The fourth-order valence-electron chi connectivity index (χ4n) is 4.48. The molecule has 2 aromatic carbocycles. The van der Waals surface area contributed by atoms with Gasteiger partial charge < -0.3 is 15.5 Å². The Balaban J connectivity index is 0.000000500. The number of aromatic nitrogens is 2. The minimum Gasteiger partial charge on any atom is -0.363 e. The van der Waals surface area contributed by atoms with Crippen LogP contribution in [0.5, 0.6) is 0 Å². The summed E-state index contributed by atoms with van der Waals surface area (Å²) < 4.78 is 26.5. The molecule has 1 amide bonds. The van der Waals surface area contributed by atoms with E-state index in [-0.39, 0.29) is 23.6 Å². The summed E-state index contributed by atoms with van der Waals surface area (Å²) in [5.74, 6) is 0.273. The first-order chi connectivity index (χ1) is 19.7. The number of carbonyl (C=O) groups is 1. The fraction of sp³-hybridized carbons (Fsp3) is 0.424. The molecule has 6 nitrogen and oxygen atoms in total. The summed E-state index contributed by atoms with van der Waals surface area (Å²) in [7, 11) is 0. The number of likely N-dealkylation sites (tertiary alicyclic amines) is 1. The van der Waals surface area contributed by atoms with Crippen LogP contribution in [0.15, 0.2) is 61.3 Å². The van der Waals surface area contributed by atoms with Crippen molar-refractivity contribution in [2.24, 2.45) is 5.92 Å². The second-order valence-corrected chi connectivity index (χ2v) is 10.2. The first-order valence-electron chi connectivity index (χ1n) is 14.5. The lowest BCUT2D eigenvalue weighted by Gasteiger charge is -2.32. The number of nitrogens with one attached hydrogen (secondary N) is 2. The van der Waals surface area contributed by atoms with Gasteiger partial charge in [0.1, 0.15) is 5.82 Å². The van der Waals surface area contributed by atoms with Crippen LogP contribution in [0.25, 0.3) is 0 Å². The van der Waals surface area contributed by atoms with E-state index in [1.54, 1.807) is 17.0 Å². The third kappa shape index (κ3) is 10.9. The molecular weight excluding hydrogens is 520 g/mol. The Labute approximate surface area is 244 Å². The van der Waals surface area contributed by atoms with Gasteiger partial charge in [-0.1, -0.05) is 65.0 Å². The van der Waals surface area contributed by atoms with E-state index in [2.05, 4.69) is 60.1 Å². The predicted molar refractivity (Wildman–Crippen MR) is 166 cm³/mol. The fourth-order valence-corrected chi connectivity index (χ4v) is 4.48. The molecule has 3 aromatic rings. The Kier molecular flexibility index (Phi) is 13.9. The molecule has 0 saturated carbocycles. The maximum Gasteiger partial charge on any atom is 0.246 e. The largest absolute Gasteiger partial charge is 0.363 e. The van der Waals surface area contributed by atoms with E-state index in [0.717, 1.165) is 36.9 Å². The van der Waals surface area contributed by atoms with Gasteiger partial charge in [0.05, 0.1) is 6.20 Å². The number of rotatable bonds is 8. The van der Waals surface area contributed by atoms with Gasteiger partial charge in [-0.25, -0.2) is 13.8 Å². The molecule has 41 heavy (non-hydrogen) atoms. The molecule has 1 aliphatic heterocycles. The van der Waals surface area contributed by atoms with Crippen molar-refractivity contribution < 1.29 is 13.6 Å². The van der Waals surface area contributed by atoms with Crippen LogP contribution in [0.3, 0.4) is 0 Å². The number of nitrogens with zero attached hydrogens (tertiary/aromatic N) is 3. The smallest absolute Gasteiger partial charge is 0.246 e. The van der Waals surface area contributed by atoms with E-state index in [1.165, 1.54) is 35.5 Å². The lowest BCUT2D eigenvalue weighted by atomic mass is 9.96. The van der Waals surface area contributed by atoms with Gasteiger partial charge in [0, 0.05) is 24.8 Å². The topological polar surface area (TPSA) is 70.2 Å². The second-order valence-electron chi connectivity index (χ2n) is 10.2. The van der Waals surface area contributed by atoms with Crippen LogP contribution in [0, 0.1) is 24.5 Å². The van der Waals surface area contributed by atoms with Gasteiger partial charge in [0.15, 0.2) is 11.6 Å². The number of carbonyl (C=O) groups excluding carboxylic acids is 1. The SMILES string of the molecule is C=CC(=O)N1CCCC(Nc2nc(Nc3ccc(CC(C)C)c(CC)c3)ncc2F)C1.CC.Cc1ccc(F)cc1. The molecule has 2 N–H and O–H groups in total. The van der Waals surface area contributed by atoms with Gasteiger partial charge in [-0.05, 0) is 80.0 Å². The third-order valence-electron chi connectivity index (χ3n) is 6.47. The Morgan fingerprint density at radius 3 is 2.46 bits per heavy atom. The zero-order chi connectivity index (χ0) is 30.4. The number of piperidine rings is 1. The molecule has 1 aliphatic rings. The average molecular weight is 566 g/mol. The summed E-state index contributed by atoms with van der Waals surface area (Å²) in [5.41, 5.74) is 4.60. The van der Waals surface area contributed by atoms with Gasteiger partial charge in [-0.15, -0.1) is 0 Å². The highest BCUT2D eigenvalue weighted by molar-refractivity contribution is 5.87. The van der Waals surface area contributed by atoms with Gasteiger partial charge in [-0.2, -0.15) is 4.98 Å². The number of hydrogen-bond acceptors (Lipinski definition) is 5. The summed E-state index contributed by atoms with van der Waals surface area (Å²) in [6, 6.07) is 12.6. The van der Waals surface area contributed by atoms with Gasteiger partial charge in [0.2, 0.25) is 11.9 Å². The maximum atomic E-state index is 14.4. The van der Waals surface area contributed by atoms with E-state index >= 15 is 0 Å². The van der Waals surface area contributed by atoms with Crippen LogP contribution in [-0.2, 0) is 17.6 Å². The quantitative estimate of drug-likeness (QED) is 0.272. The zero-order valence-electron chi connectivity index (χ0n) is 25.3. The van der Waals surface area contributed by atoms with Gasteiger partial charge in [0.25, 0.3) is 0 Å². The van der Waals surface area contributed by atoms with Crippen LogP contribution in [0.4, 0.5) is 26.2 Å². The van der Waals surface area contributed by atoms with E-state index in [4.69, 9.17) is 0 Å². The average Bonchev–Trinajstić information content (AvgIpc) is 2.98. The van der Waals surface area contributed by atoms with Crippen molar-refractivity contribution in [1.29, 1.82) is 0 Å². The van der Waals surface area contributed by atoms with Crippen molar-refractivity contribution in [1.82, 2.24) is 14.9 Å². The molecule has 1 saturated heterocycles. The highest BCUT2D eigenvalue weighted by Crippen LogP contribution is 2.23. The molecule has 0 aliphatic carbocycles.